The van der Waals surface area contributed by atoms with Gasteiger partial charge in [-0.15, -0.1) is 0 Å². The summed E-state index contributed by atoms with van der Waals surface area (Å²) in [6.45, 7) is 4.83. The van der Waals surface area contributed by atoms with Crippen LogP contribution in [0, 0.1) is 29.0 Å². The molecule has 4 aromatic rings. The molecule has 62 heavy (non-hydrogen) atoms. The maximum Gasteiger partial charge on any atom is 0.262 e. The Morgan fingerprint density at radius 2 is 1.61 bits per heavy atom. The van der Waals surface area contributed by atoms with E-state index in [2.05, 4.69) is 31.5 Å². The molecule has 0 unspecified atom stereocenters. The molecule has 2 N–H and O–H groups in total. The fraction of sp³-hybridized carbons (Fsp3) is 0.426. The van der Waals surface area contributed by atoms with Gasteiger partial charge in [0, 0.05) is 67.4 Å². The predicted molar refractivity (Wildman–Crippen MR) is 225 cm³/mol. The van der Waals surface area contributed by atoms with Crippen LogP contribution in [0.5, 0.6) is 11.5 Å². The molecule has 4 fully saturated rings. The van der Waals surface area contributed by atoms with Gasteiger partial charge < -0.3 is 24.6 Å². The number of aromatic nitrogens is 1. The van der Waals surface area contributed by atoms with Crippen molar-refractivity contribution in [3.8, 4) is 17.6 Å². The minimum atomic E-state index is -1.12. The number of piperidine rings is 2. The van der Waals surface area contributed by atoms with Gasteiger partial charge in [0.15, 0.2) is 11.6 Å². The highest BCUT2D eigenvalue weighted by atomic mass is 19.1. The second-order valence-electron chi connectivity index (χ2n) is 17.2. The number of rotatable bonds is 11. The summed E-state index contributed by atoms with van der Waals surface area (Å²) in [6, 6.07) is 18.7. The van der Waals surface area contributed by atoms with E-state index in [1.807, 2.05) is 42.5 Å². The molecule has 1 saturated carbocycles. The number of fused-ring (bicyclic) bond motifs is 2. The van der Waals surface area contributed by atoms with Gasteiger partial charge in [-0.1, -0.05) is 0 Å². The third-order valence-corrected chi connectivity index (χ3v) is 13.1. The van der Waals surface area contributed by atoms with Crippen molar-refractivity contribution in [1.29, 1.82) is 5.26 Å². The average Bonchev–Trinajstić information content (AvgIpc) is 3.83. The number of nitrogens with zero attached hydrogens (tertiary/aromatic N) is 5. The zero-order valence-corrected chi connectivity index (χ0v) is 34.3. The molecule has 15 heteroatoms. The van der Waals surface area contributed by atoms with E-state index in [0.29, 0.717) is 22.6 Å². The Labute approximate surface area is 358 Å². The van der Waals surface area contributed by atoms with Crippen LogP contribution in [-0.4, -0.2) is 102 Å². The molecule has 0 radical (unpaired) electrons. The van der Waals surface area contributed by atoms with Crippen molar-refractivity contribution >= 4 is 46.1 Å². The van der Waals surface area contributed by atoms with Crippen LogP contribution in [-0.2, 0) is 9.59 Å². The minimum Gasteiger partial charge on any atom is -0.490 e. The molecular formula is C47H48FN7O7. The number of halogens is 1. The second kappa shape index (κ2) is 17.5. The van der Waals surface area contributed by atoms with Gasteiger partial charge in [0.25, 0.3) is 17.7 Å². The molecule has 3 aromatic carbocycles. The second-order valence-corrected chi connectivity index (χ2v) is 17.2. The van der Waals surface area contributed by atoms with Crippen LogP contribution in [0.2, 0.25) is 0 Å². The topological polar surface area (TPSA) is 174 Å². The van der Waals surface area contributed by atoms with Crippen LogP contribution in [0.25, 0.3) is 10.9 Å². The Kier molecular flexibility index (Phi) is 11.6. The van der Waals surface area contributed by atoms with Crippen LogP contribution in [0.4, 0.5) is 10.1 Å². The van der Waals surface area contributed by atoms with E-state index in [9.17, 15) is 29.2 Å². The van der Waals surface area contributed by atoms with Gasteiger partial charge in [-0.25, -0.2) is 4.39 Å². The first kappa shape index (κ1) is 41.0. The summed E-state index contributed by atoms with van der Waals surface area (Å²) in [6.07, 6.45) is 8.01. The van der Waals surface area contributed by atoms with Crippen LogP contribution in [0.15, 0.2) is 66.9 Å². The molecule has 0 bridgehead atoms. The average molecular weight is 842 g/mol. The van der Waals surface area contributed by atoms with Crippen molar-refractivity contribution in [1.82, 2.24) is 25.4 Å². The van der Waals surface area contributed by atoms with Crippen molar-refractivity contribution in [3.63, 3.8) is 0 Å². The fourth-order valence-corrected chi connectivity index (χ4v) is 9.68. The summed E-state index contributed by atoms with van der Waals surface area (Å²) in [4.78, 5) is 73.4. The number of carbonyl (C=O) groups is 5. The number of nitrogens with one attached hydrogen (secondary N) is 2. The number of anilines is 1. The number of ether oxygens (including phenoxy) is 2. The largest absolute Gasteiger partial charge is 0.490 e. The van der Waals surface area contributed by atoms with Crippen LogP contribution in [0.1, 0.15) is 94.4 Å². The number of benzene rings is 3. The first-order valence-corrected chi connectivity index (χ1v) is 21.6. The van der Waals surface area contributed by atoms with Gasteiger partial charge in [0.1, 0.15) is 17.9 Å². The zero-order chi connectivity index (χ0) is 42.9. The first-order chi connectivity index (χ1) is 30.1. The van der Waals surface area contributed by atoms with E-state index in [4.69, 9.17) is 9.47 Å². The third-order valence-electron chi connectivity index (χ3n) is 13.1. The van der Waals surface area contributed by atoms with E-state index < -0.39 is 35.5 Å². The Morgan fingerprint density at radius 3 is 2.35 bits per heavy atom. The minimum absolute atomic E-state index is 0.00383. The van der Waals surface area contributed by atoms with Gasteiger partial charge in [-0.3, -0.25) is 39.2 Å². The Hall–Kier alpha value is -6.40. The number of hydrogen-bond donors (Lipinski definition) is 2. The molecule has 1 aliphatic carbocycles. The predicted octanol–water partition coefficient (Wildman–Crippen LogP) is 5.38. The van der Waals surface area contributed by atoms with Crippen LogP contribution in [0.3, 0.4) is 0 Å². The monoisotopic (exact) mass is 841 g/mol. The SMILES string of the molecule is N#Cc1ccc(OC2CCC(NC(=O)c3ccc(N4CCC(CN5CC[C@@H](COc6cc7c(cc6F)C(=O)N([C@@H]6CCC(=O)NC6=O)C7=O)C5)CC4)cc3)CC2)c2cccnc12. The maximum atomic E-state index is 15.1. The fourth-order valence-electron chi connectivity index (χ4n) is 9.68. The summed E-state index contributed by atoms with van der Waals surface area (Å²) in [5, 5.41) is 15.7. The van der Waals surface area contributed by atoms with Crippen LogP contribution >= 0.6 is 0 Å². The molecule has 2 atom stereocenters. The molecule has 5 aliphatic rings. The van der Waals surface area contributed by atoms with E-state index >= 15 is 4.39 Å². The van der Waals surface area contributed by atoms with Gasteiger partial charge in [0.2, 0.25) is 11.8 Å². The molecule has 1 aromatic heterocycles. The van der Waals surface area contributed by atoms with Gasteiger partial charge >= 0.3 is 0 Å². The number of pyridine rings is 1. The van der Waals surface area contributed by atoms with Crippen molar-refractivity contribution in [3.05, 3.63) is 94.9 Å². The zero-order valence-electron chi connectivity index (χ0n) is 34.3. The summed E-state index contributed by atoms with van der Waals surface area (Å²) in [5.74, 6) is -2.10. The molecule has 4 aliphatic heterocycles. The van der Waals surface area contributed by atoms with E-state index in [0.717, 1.165) is 105 Å². The highest BCUT2D eigenvalue weighted by Gasteiger charge is 2.45. The smallest absolute Gasteiger partial charge is 0.262 e. The maximum absolute atomic E-state index is 15.1. The van der Waals surface area contributed by atoms with E-state index in [1.165, 1.54) is 6.07 Å². The molecule has 320 valence electrons. The summed E-state index contributed by atoms with van der Waals surface area (Å²) < 4.78 is 27.4. The van der Waals surface area contributed by atoms with Crippen LogP contribution < -0.4 is 25.0 Å². The quantitative estimate of drug-likeness (QED) is 0.186. The van der Waals surface area contributed by atoms with E-state index in [-0.39, 0.29) is 60.3 Å². The number of likely N-dealkylation sites (tertiary alicyclic amines) is 1. The number of carbonyl (C=O) groups excluding carboxylic acids is 5. The standard InChI is InChI=1S/C47H48FN7O7/c48-38-22-36-37(47(60)55(46(36)59)39-12-14-42(56)52-45(39)58)23-41(38)61-27-29-15-19-53(26-29)25-28-16-20-54(21-17-28)33-8-3-30(4-9-33)44(57)51-32-6-10-34(11-7-32)62-40-13-5-31(24-49)43-35(40)2-1-18-50-43/h1-5,8-9,13,18,22-23,28-29,32,34,39H,6-7,10-12,14-17,19-21,25-27H2,(H,51,57)(H,52,56,58)/t29-,32?,34?,39-/m1/s1. The molecule has 14 nitrogen and oxygen atoms in total. The lowest BCUT2D eigenvalue weighted by Crippen LogP contribution is -2.54. The molecule has 9 rings (SSSR count). The molecule has 5 heterocycles. The number of amides is 5. The number of hydrogen-bond acceptors (Lipinski definition) is 11. The molecule has 3 saturated heterocycles. The lowest BCUT2D eigenvalue weighted by Gasteiger charge is -2.35. The van der Waals surface area contributed by atoms with Gasteiger partial charge in [0.05, 0.1) is 34.9 Å². The van der Waals surface area contributed by atoms with Gasteiger partial charge in [-0.05, 0) is 124 Å². The normalized spacial score (nSPS) is 23.3. The molecule has 0 spiro atoms. The van der Waals surface area contributed by atoms with Crippen molar-refractivity contribution in [2.75, 3.05) is 44.2 Å². The summed E-state index contributed by atoms with van der Waals surface area (Å²) in [5.41, 5.74) is 2.79. The number of nitriles is 1. The first-order valence-electron chi connectivity index (χ1n) is 21.6. The number of imide groups is 2. The lowest BCUT2D eigenvalue weighted by molar-refractivity contribution is -0.136. The van der Waals surface area contributed by atoms with Crippen molar-refractivity contribution < 1.29 is 37.8 Å². The van der Waals surface area contributed by atoms with Crippen molar-refractivity contribution in [2.45, 2.75) is 76.0 Å². The lowest BCUT2D eigenvalue weighted by atomic mass is 9.92. The molecular weight excluding hydrogens is 794 g/mol. The Morgan fingerprint density at radius 1 is 0.871 bits per heavy atom. The summed E-state index contributed by atoms with van der Waals surface area (Å²) in [7, 11) is 0. The highest BCUT2D eigenvalue weighted by Crippen LogP contribution is 2.34. The van der Waals surface area contributed by atoms with Crippen molar-refractivity contribution in [2.24, 2.45) is 11.8 Å². The van der Waals surface area contributed by atoms with E-state index in [1.54, 1.807) is 12.3 Å². The summed E-state index contributed by atoms with van der Waals surface area (Å²) >= 11 is 0. The molecule has 5 amide bonds. The highest BCUT2D eigenvalue weighted by molar-refractivity contribution is 6.23. The Bertz CT molecular complexity index is 2460. The van der Waals surface area contributed by atoms with Gasteiger partial charge in [-0.2, -0.15) is 5.26 Å². The Balaban J connectivity index is 0.693. The third kappa shape index (κ3) is 8.43.